The second-order valence-corrected chi connectivity index (χ2v) is 8.58. The second-order valence-electron chi connectivity index (χ2n) is 8.58. The summed E-state index contributed by atoms with van der Waals surface area (Å²) >= 11 is 0. The molecule has 0 aromatic rings. The molecule has 0 bridgehead atoms. The van der Waals surface area contributed by atoms with E-state index in [4.69, 9.17) is 0 Å². The minimum atomic E-state index is 0.527. The highest BCUT2D eigenvalue weighted by Gasteiger charge is 2.29. The van der Waals surface area contributed by atoms with Crippen LogP contribution in [0.4, 0.5) is 0 Å². The molecule has 2 aliphatic rings. The summed E-state index contributed by atoms with van der Waals surface area (Å²) in [5, 5.41) is 3.73. The van der Waals surface area contributed by atoms with Gasteiger partial charge in [-0.25, -0.2) is 0 Å². The fourth-order valence-corrected chi connectivity index (χ4v) is 4.35. The summed E-state index contributed by atoms with van der Waals surface area (Å²) < 4.78 is 0. The summed E-state index contributed by atoms with van der Waals surface area (Å²) in [6, 6.07) is 0. The van der Waals surface area contributed by atoms with Crippen LogP contribution in [0.3, 0.4) is 0 Å². The third kappa shape index (κ3) is 5.39. The van der Waals surface area contributed by atoms with E-state index in [-0.39, 0.29) is 0 Å². The second kappa shape index (κ2) is 7.82. The van der Waals surface area contributed by atoms with E-state index in [1.807, 2.05) is 0 Å². The molecular formula is C19H37N. The van der Waals surface area contributed by atoms with Gasteiger partial charge in [-0.05, 0) is 74.8 Å². The fraction of sp³-hybridized carbons (Fsp3) is 1.00. The van der Waals surface area contributed by atoms with E-state index in [1.165, 1.54) is 77.3 Å². The summed E-state index contributed by atoms with van der Waals surface area (Å²) in [5.41, 5.74) is 0.527. The van der Waals surface area contributed by atoms with Crippen molar-refractivity contribution in [2.45, 2.75) is 85.0 Å². The average Bonchev–Trinajstić information content (AvgIpc) is 2.91. The van der Waals surface area contributed by atoms with E-state index in [0.29, 0.717) is 5.41 Å². The zero-order chi connectivity index (χ0) is 14.4. The smallest absolute Gasteiger partial charge is 0.00205 e. The van der Waals surface area contributed by atoms with E-state index in [9.17, 15) is 0 Å². The molecule has 2 aliphatic carbocycles. The van der Waals surface area contributed by atoms with Gasteiger partial charge in [0, 0.05) is 0 Å². The van der Waals surface area contributed by atoms with Gasteiger partial charge in [0.15, 0.2) is 0 Å². The largest absolute Gasteiger partial charge is 0.316 e. The van der Waals surface area contributed by atoms with E-state index in [0.717, 1.165) is 17.8 Å². The Kier molecular flexibility index (Phi) is 6.39. The van der Waals surface area contributed by atoms with Crippen molar-refractivity contribution >= 4 is 0 Å². The molecule has 0 aromatic carbocycles. The van der Waals surface area contributed by atoms with E-state index in [2.05, 4.69) is 26.1 Å². The molecule has 0 aliphatic heterocycles. The lowest BCUT2D eigenvalue weighted by Gasteiger charge is -2.37. The Morgan fingerprint density at radius 1 is 0.850 bits per heavy atom. The van der Waals surface area contributed by atoms with E-state index < -0.39 is 0 Å². The Bertz CT molecular complexity index is 251. The maximum Gasteiger partial charge on any atom is -0.00205 e. The molecule has 0 aromatic heterocycles. The molecule has 0 heterocycles. The quantitative estimate of drug-likeness (QED) is 0.642. The summed E-state index contributed by atoms with van der Waals surface area (Å²) in [6.07, 6.45) is 14.7. The lowest BCUT2D eigenvalue weighted by atomic mass is 9.70. The van der Waals surface area contributed by atoms with E-state index >= 15 is 0 Å². The van der Waals surface area contributed by atoms with Crippen LogP contribution in [0.2, 0.25) is 0 Å². The first kappa shape index (κ1) is 16.3. The Morgan fingerprint density at radius 3 is 2.10 bits per heavy atom. The standard InChI is InChI=1S/C19H37N/c1-19(2,3)18-12-10-17(11-13-18)15-20-14-6-9-16-7-4-5-8-16/h16-18,20H,4-15H2,1-3H3. The maximum atomic E-state index is 3.73. The molecular weight excluding hydrogens is 242 g/mol. The Hall–Kier alpha value is -0.0400. The number of nitrogens with one attached hydrogen (secondary N) is 1. The van der Waals surface area contributed by atoms with Crippen LogP contribution in [0.25, 0.3) is 0 Å². The lowest BCUT2D eigenvalue weighted by Crippen LogP contribution is -2.31. The van der Waals surface area contributed by atoms with Gasteiger partial charge >= 0.3 is 0 Å². The number of rotatable bonds is 6. The lowest BCUT2D eigenvalue weighted by molar-refractivity contribution is 0.149. The van der Waals surface area contributed by atoms with Crippen molar-refractivity contribution in [2.75, 3.05) is 13.1 Å². The van der Waals surface area contributed by atoms with Gasteiger partial charge in [-0.1, -0.05) is 46.5 Å². The topological polar surface area (TPSA) is 12.0 Å². The van der Waals surface area contributed by atoms with Gasteiger partial charge in [0.25, 0.3) is 0 Å². The van der Waals surface area contributed by atoms with Crippen LogP contribution < -0.4 is 5.32 Å². The van der Waals surface area contributed by atoms with Gasteiger partial charge in [0.1, 0.15) is 0 Å². The zero-order valence-corrected chi connectivity index (χ0v) is 14.2. The van der Waals surface area contributed by atoms with Crippen molar-refractivity contribution in [1.29, 1.82) is 0 Å². The van der Waals surface area contributed by atoms with Crippen LogP contribution in [-0.2, 0) is 0 Å². The van der Waals surface area contributed by atoms with Gasteiger partial charge < -0.3 is 5.32 Å². The van der Waals surface area contributed by atoms with Crippen LogP contribution in [0.15, 0.2) is 0 Å². The highest BCUT2D eigenvalue weighted by atomic mass is 14.9. The van der Waals surface area contributed by atoms with Gasteiger partial charge in [-0.3, -0.25) is 0 Å². The minimum absolute atomic E-state index is 0.527. The van der Waals surface area contributed by atoms with Crippen molar-refractivity contribution in [3.63, 3.8) is 0 Å². The highest BCUT2D eigenvalue weighted by molar-refractivity contribution is 4.81. The molecule has 1 N–H and O–H groups in total. The van der Waals surface area contributed by atoms with Crippen LogP contribution in [-0.4, -0.2) is 13.1 Å². The van der Waals surface area contributed by atoms with E-state index in [1.54, 1.807) is 0 Å². The van der Waals surface area contributed by atoms with Crippen molar-refractivity contribution in [3.05, 3.63) is 0 Å². The minimum Gasteiger partial charge on any atom is -0.316 e. The molecule has 1 heteroatoms. The SMILES string of the molecule is CC(C)(C)C1CCC(CNCCCC2CCCC2)CC1. The summed E-state index contributed by atoms with van der Waals surface area (Å²) in [6.45, 7) is 9.79. The van der Waals surface area contributed by atoms with Gasteiger partial charge in [-0.2, -0.15) is 0 Å². The normalized spacial score (nSPS) is 28.9. The maximum absolute atomic E-state index is 3.73. The predicted molar refractivity (Wildman–Crippen MR) is 89.0 cm³/mol. The van der Waals surface area contributed by atoms with Crippen molar-refractivity contribution in [2.24, 2.45) is 23.2 Å². The highest BCUT2D eigenvalue weighted by Crippen LogP contribution is 2.39. The van der Waals surface area contributed by atoms with Crippen LogP contribution >= 0.6 is 0 Å². The van der Waals surface area contributed by atoms with Crippen molar-refractivity contribution in [3.8, 4) is 0 Å². The monoisotopic (exact) mass is 279 g/mol. The Labute approximate surface area is 127 Å². The van der Waals surface area contributed by atoms with Crippen LogP contribution in [0.1, 0.15) is 85.0 Å². The number of hydrogen-bond donors (Lipinski definition) is 1. The predicted octanol–water partition coefficient (Wildman–Crippen LogP) is 5.40. The van der Waals surface area contributed by atoms with Gasteiger partial charge in [0.05, 0.1) is 0 Å². The first-order valence-corrected chi connectivity index (χ1v) is 9.26. The molecule has 2 rings (SSSR count). The third-order valence-corrected chi connectivity index (χ3v) is 5.95. The molecule has 0 saturated heterocycles. The molecule has 0 unspecified atom stereocenters. The van der Waals surface area contributed by atoms with Gasteiger partial charge in [0.2, 0.25) is 0 Å². The molecule has 0 atom stereocenters. The van der Waals surface area contributed by atoms with Crippen molar-refractivity contribution < 1.29 is 0 Å². The summed E-state index contributed by atoms with van der Waals surface area (Å²) in [7, 11) is 0. The molecule has 2 saturated carbocycles. The summed E-state index contributed by atoms with van der Waals surface area (Å²) in [5.74, 6) is 2.99. The molecule has 0 amide bonds. The zero-order valence-electron chi connectivity index (χ0n) is 14.2. The number of hydrogen-bond acceptors (Lipinski definition) is 1. The van der Waals surface area contributed by atoms with Crippen LogP contribution in [0, 0.1) is 23.2 Å². The Morgan fingerprint density at radius 2 is 1.50 bits per heavy atom. The van der Waals surface area contributed by atoms with Gasteiger partial charge in [-0.15, -0.1) is 0 Å². The molecule has 1 nitrogen and oxygen atoms in total. The molecule has 118 valence electrons. The third-order valence-electron chi connectivity index (χ3n) is 5.95. The molecule has 0 spiro atoms. The summed E-state index contributed by atoms with van der Waals surface area (Å²) in [4.78, 5) is 0. The fourth-order valence-electron chi connectivity index (χ4n) is 4.35. The Balaban J connectivity index is 1.48. The van der Waals surface area contributed by atoms with Crippen molar-refractivity contribution in [1.82, 2.24) is 5.32 Å². The molecule has 2 fully saturated rings. The van der Waals surface area contributed by atoms with Crippen LogP contribution in [0.5, 0.6) is 0 Å². The average molecular weight is 280 g/mol. The molecule has 0 radical (unpaired) electrons. The first-order valence-electron chi connectivity index (χ1n) is 9.26. The first-order chi connectivity index (χ1) is 9.55. The molecule has 20 heavy (non-hydrogen) atoms.